The second kappa shape index (κ2) is 4.45. The van der Waals surface area contributed by atoms with Crippen LogP contribution in [0.1, 0.15) is 71.5 Å². The molecule has 3 rings (SSSR count). The lowest BCUT2D eigenvalue weighted by Crippen LogP contribution is -2.52. The van der Waals surface area contributed by atoms with E-state index in [2.05, 4.69) is 22.4 Å². The number of hydrogen-bond acceptors (Lipinski definition) is 5. The van der Waals surface area contributed by atoms with E-state index in [1.165, 1.54) is 0 Å². The van der Waals surface area contributed by atoms with Gasteiger partial charge in [0.15, 0.2) is 5.82 Å². The molecule has 0 bridgehead atoms. The zero-order valence-electron chi connectivity index (χ0n) is 13.2. The van der Waals surface area contributed by atoms with Crippen LogP contribution in [0.15, 0.2) is 4.52 Å². The largest absolute Gasteiger partial charge is 0.444 e. The van der Waals surface area contributed by atoms with Crippen LogP contribution in [0.2, 0.25) is 0 Å². The highest BCUT2D eigenvalue weighted by Gasteiger charge is 2.49. The lowest BCUT2D eigenvalue weighted by Gasteiger charge is -2.39. The maximum atomic E-state index is 12.0. The lowest BCUT2D eigenvalue weighted by atomic mass is 9.76. The summed E-state index contributed by atoms with van der Waals surface area (Å²) in [5.74, 6) is 1.28. The fourth-order valence-corrected chi connectivity index (χ4v) is 2.50. The summed E-state index contributed by atoms with van der Waals surface area (Å²) < 4.78 is 10.7. The van der Waals surface area contributed by atoms with Crippen LogP contribution in [-0.2, 0) is 15.7 Å². The summed E-state index contributed by atoms with van der Waals surface area (Å²) >= 11 is 0. The predicted molar refractivity (Wildman–Crippen MR) is 75.8 cm³/mol. The van der Waals surface area contributed by atoms with Gasteiger partial charge in [0.1, 0.15) is 11.1 Å². The number of hydrogen-bond donors (Lipinski definition) is 1. The van der Waals surface area contributed by atoms with Gasteiger partial charge >= 0.3 is 6.09 Å². The van der Waals surface area contributed by atoms with Crippen LogP contribution >= 0.6 is 0 Å². The smallest absolute Gasteiger partial charge is 0.408 e. The third kappa shape index (κ3) is 2.76. The van der Waals surface area contributed by atoms with E-state index >= 15 is 0 Å². The Balaban J connectivity index is 1.74. The van der Waals surface area contributed by atoms with Gasteiger partial charge in [0, 0.05) is 5.41 Å². The summed E-state index contributed by atoms with van der Waals surface area (Å²) in [6.45, 7) is 7.67. The van der Waals surface area contributed by atoms with Crippen molar-refractivity contribution in [1.29, 1.82) is 0 Å². The molecule has 1 aromatic rings. The highest BCUT2D eigenvalue weighted by molar-refractivity contribution is 5.69. The Bertz CT molecular complexity index is 551. The molecule has 0 radical (unpaired) electrons. The number of nitrogens with zero attached hydrogens (tertiary/aromatic N) is 2. The molecule has 2 aliphatic carbocycles. The molecule has 21 heavy (non-hydrogen) atoms. The topological polar surface area (TPSA) is 77.2 Å². The molecule has 6 heteroatoms. The van der Waals surface area contributed by atoms with Gasteiger partial charge in [0.05, 0.1) is 0 Å². The molecule has 1 aromatic heterocycles. The molecule has 2 fully saturated rings. The van der Waals surface area contributed by atoms with E-state index in [0.717, 1.165) is 32.1 Å². The third-order valence-corrected chi connectivity index (χ3v) is 4.32. The minimum atomic E-state index is -0.519. The van der Waals surface area contributed by atoms with Crippen LogP contribution in [0.25, 0.3) is 0 Å². The average molecular weight is 293 g/mol. The predicted octanol–water partition coefficient (Wildman–Crippen LogP) is 3.03. The Labute approximate surface area is 124 Å². The lowest BCUT2D eigenvalue weighted by molar-refractivity contribution is 0.0362. The van der Waals surface area contributed by atoms with Crippen molar-refractivity contribution >= 4 is 6.09 Å². The Morgan fingerprint density at radius 1 is 1.29 bits per heavy atom. The van der Waals surface area contributed by atoms with Crippen LogP contribution in [0.5, 0.6) is 0 Å². The Hall–Kier alpha value is -1.59. The van der Waals surface area contributed by atoms with Crippen LogP contribution < -0.4 is 5.32 Å². The first-order valence-corrected chi connectivity index (χ1v) is 7.58. The standard InChI is InChI=1S/C15H23N3O3/c1-13(2,3)20-12(19)17-15(6-5-7-15)10-16-11(21-18-10)14(4)8-9-14/h5-9H2,1-4H3,(H,17,19). The van der Waals surface area contributed by atoms with Crippen molar-refractivity contribution in [1.82, 2.24) is 15.5 Å². The van der Waals surface area contributed by atoms with Crippen molar-refractivity contribution in [3.05, 3.63) is 11.7 Å². The summed E-state index contributed by atoms with van der Waals surface area (Å²) in [5.41, 5.74) is -0.990. The zero-order chi connectivity index (χ0) is 15.3. The van der Waals surface area contributed by atoms with Crippen molar-refractivity contribution in [2.24, 2.45) is 0 Å². The minimum Gasteiger partial charge on any atom is -0.444 e. The number of carbonyl (C=O) groups is 1. The van der Waals surface area contributed by atoms with Crippen molar-refractivity contribution < 1.29 is 14.1 Å². The van der Waals surface area contributed by atoms with E-state index < -0.39 is 17.2 Å². The molecular formula is C15H23N3O3. The van der Waals surface area contributed by atoms with E-state index in [1.54, 1.807) is 0 Å². The molecular weight excluding hydrogens is 270 g/mol. The Kier molecular flexibility index (Phi) is 3.04. The summed E-state index contributed by atoms with van der Waals surface area (Å²) in [6.07, 6.45) is 4.43. The maximum Gasteiger partial charge on any atom is 0.408 e. The third-order valence-electron chi connectivity index (χ3n) is 4.32. The second-order valence-electron chi connectivity index (χ2n) is 7.55. The van der Waals surface area contributed by atoms with Gasteiger partial charge < -0.3 is 14.6 Å². The number of amides is 1. The van der Waals surface area contributed by atoms with E-state index in [9.17, 15) is 4.79 Å². The molecule has 1 amide bonds. The molecule has 0 aliphatic heterocycles. The molecule has 2 saturated carbocycles. The molecule has 0 spiro atoms. The first-order valence-electron chi connectivity index (χ1n) is 7.58. The van der Waals surface area contributed by atoms with Gasteiger partial charge in [0.25, 0.3) is 0 Å². The van der Waals surface area contributed by atoms with Crippen LogP contribution in [0, 0.1) is 0 Å². The van der Waals surface area contributed by atoms with E-state index in [4.69, 9.17) is 9.26 Å². The molecule has 2 aliphatic rings. The van der Waals surface area contributed by atoms with Gasteiger partial charge in [0.2, 0.25) is 5.89 Å². The Morgan fingerprint density at radius 2 is 1.95 bits per heavy atom. The molecule has 0 atom stereocenters. The normalized spacial score (nSPS) is 22.3. The van der Waals surface area contributed by atoms with Crippen molar-refractivity contribution in [3.63, 3.8) is 0 Å². The molecule has 6 nitrogen and oxygen atoms in total. The molecule has 0 saturated heterocycles. The van der Waals surface area contributed by atoms with Gasteiger partial charge in [-0.15, -0.1) is 0 Å². The summed E-state index contributed by atoms with van der Waals surface area (Å²) in [5, 5.41) is 7.05. The number of nitrogens with one attached hydrogen (secondary N) is 1. The number of alkyl carbamates (subject to hydrolysis) is 1. The minimum absolute atomic E-state index is 0.0438. The monoisotopic (exact) mass is 293 g/mol. The highest BCUT2D eigenvalue weighted by Crippen LogP contribution is 2.48. The van der Waals surface area contributed by atoms with Crippen LogP contribution in [0.3, 0.4) is 0 Å². The number of aromatic nitrogens is 2. The average Bonchev–Trinajstić information content (AvgIpc) is 2.88. The van der Waals surface area contributed by atoms with Gasteiger partial charge in [-0.25, -0.2) is 4.79 Å². The fourth-order valence-electron chi connectivity index (χ4n) is 2.50. The molecule has 1 heterocycles. The summed E-state index contributed by atoms with van der Waals surface area (Å²) in [4.78, 5) is 16.6. The van der Waals surface area contributed by atoms with Crippen molar-refractivity contribution in [2.45, 2.75) is 76.4 Å². The summed E-state index contributed by atoms with van der Waals surface area (Å²) in [6, 6.07) is 0. The molecule has 0 aromatic carbocycles. The molecule has 116 valence electrons. The Morgan fingerprint density at radius 3 is 2.43 bits per heavy atom. The van der Waals surface area contributed by atoms with Gasteiger partial charge in [-0.2, -0.15) is 4.98 Å². The summed E-state index contributed by atoms with van der Waals surface area (Å²) in [7, 11) is 0. The number of rotatable bonds is 3. The first kappa shape index (κ1) is 14.4. The maximum absolute atomic E-state index is 12.0. The first-order chi connectivity index (χ1) is 9.73. The van der Waals surface area contributed by atoms with E-state index in [-0.39, 0.29) is 5.41 Å². The van der Waals surface area contributed by atoms with Gasteiger partial charge in [-0.05, 0) is 52.9 Å². The van der Waals surface area contributed by atoms with Crippen molar-refractivity contribution in [2.75, 3.05) is 0 Å². The van der Waals surface area contributed by atoms with Gasteiger partial charge in [-0.3, -0.25) is 0 Å². The highest BCUT2D eigenvalue weighted by atomic mass is 16.6. The van der Waals surface area contributed by atoms with Crippen LogP contribution in [-0.4, -0.2) is 21.8 Å². The zero-order valence-corrected chi connectivity index (χ0v) is 13.2. The van der Waals surface area contributed by atoms with E-state index in [1.807, 2.05) is 20.8 Å². The molecule has 0 unspecified atom stereocenters. The van der Waals surface area contributed by atoms with Gasteiger partial charge in [-0.1, -0.05) is 12.1 Å². The second-order valence-corrected chi connectivity index (χ2v) is 7.55. The quantitative estimate of drug-likeness (QED) is 0.927. The van der Waals surface area contributed by atoms with E-state index in [0.29, 0.717) is 11.7 Å². The number of carbonyl (C=O) groups excluding carboxylic acids is 1. The fraction of sp³-hybridized carbons (Fsp3) is 0.800. The SMILES string of the molecule is CC(C)(C)OC(=O)NC1(c2noc(C3(C)CC3)n2)CCC1. The van der Waals surface area contributed by atoms with Crippen molar-refractivity contribution in [3.8, 4) is 0 Å². The van der Waals surface area contributed by atoms with Crippen LogP contribution in [0.4, 0.5) is 4.79 Å². The molecule has 1 N–H and O–H groups in total. The number of ether oxygens (including phenoxy) is 1.